The van der Waals surface area contributed by atoms with Gasteiger partial charge in [0.15, 0.2) is 17.3 Å². The molecule has 190 valence electrons. The fourth-order valence-corrected chi connectivity index (χ4v) is 5.45. The second-order valence-electron chi connectivity index (χ2n) is 8.09. The molecule has 2 aromatic heterocycles. The number of aryl methyl sites for hydroxylation is 1. The van der Waals surface area contributed by atoms with Crippen LogP contribution < -0.4 is 15.0 Å². The lowest BCUT2D eigenvalue weighted by Crippen LogP contribution is -2.35. The molecule has 0 bridgehead atoms. The molecule has 0 atom stereocenters. The molecule has 2 aliphatic heterocycles. The third-order valence-corrected chi connectivity index (χ3v) is 7.11. The van der Waals surface area contributed by atoms with Gasteiger partial charge in [0.25, 0.3) is 11.5 Å². The molecule has 0 saturated carbocycles. The Kier molecular flexibility index (Phi) is 6.89. The third-order valence-electron chi connectivity index (χ3n) is 5.31. The zero-order valence-electron chi connectivity index (χ0n) is 20.3. The van der Waals surface area contributed by atoms with E-state index in [4.69, 9.17) is 14.9 Å². The molecule has 0 saturated heterocycles. The van der Waals surface area contributed by atoms with E-state index in [1.807, 2.05) is 20.8 Å². The van der Waals surface area contributed by atoms with Crippen LogP contribution in [0.4, 0.5) is 0 Å². The summed E-state index contributed by atoms with van der Waals surface area (Å²) in [5.74, 6) is 0.419. The minimum atomic E-state index is -0.485. The number of nitrogens with zero attached hydrogens (tertiary/aromatic N) is 6. The number of fused-ring (bicyclic) bond motifs is 2. The molecule has 0 fully saturated rings. The highest BCUT2D eigenvalue weighted by Crippen LogP contribution is 2.32. The van der Waals surface area contributed by atoms with Gasteiger partial charge in [-0.1, -0.05) is 24.3 Å². The van der Waals surface area contributed by atoms with Gasteiger partial charge in [-0.15, -0.1) is 0 Å². The molecule has 0 spiro atoms. The van der Waals surface area contributed by atoms with E-state index >= 15 is 0 Å². The Balaban J connectivity index is 1.38. The number of ether oxygens (including phenoxy) is 2. The summed E-state index contributed by atoms with van der Waals surface area (Å²) in [7, 11) is 0. The predicted octanol–water partition coefficient (Wildman–Crippen LogP) is 3.86. The van der Waals surface area contributed by atoms with Gasteiger partial charge in [0.1, 0.15) is 16.7 Å². The van der Waals surface area contributed by atoms with E-state index in [1.165, 1.54) is 38.7 Å². The van der Waals surface area contributed by atoms with Crippen LogP contribution in [0.25, 0.3) is 11.0 Å². The van der Waals surface area contributed by atoms with Crippen molar-refractivity contribution in [1.29, 1.82) is 5.41 Å². The summed E-state index contributed by atoms with van der Waals surface area (Å²) in [6.07, 6.45) is 3.28. The highest BCUT2D eigenvalue weighted by molar-refractivity contribution is 8.26. The number of carbonyl (C=O) groups is 1. The summed E-state index contributed by atoms with van der Waals surface area (Å²) in [6.45, 7) is 6.17. The van der Waals surface area contributed by atoms with Gasteiger partial charge in [-0.3, -0.25) is 15.0 Å². The third kappa shape index (κ3) is 5.04. The molecule has 0 radical (unpaired) electrons. The van der Waals surface area contributed by atoms with E-state index in [1.54, 1.807) is 24.3 Å². The molecule has 37 heavy (non-hydrogen) atoms. The molecule has 1 N–H and O–H groups in total. The second kappa shape index (κ2) is 10.3. The molecular formula is C24H23N7O4S2. The monoisotopic (exact) mass is 537 g/mol. The van der Waals surface area contributed by atoms with Crippen LogP contribution in [0.5, 0.6) is 11.5 Å². The zero-order valence-corrected chi connectivity index (χ0v) is 22.0. The normalized spacial score (nSPS) is 16.3. The number of hydrogen-bond acceptors (Lipinski definition) is 10. The number of hydrazone groups is 1. The van der Waals surface area contributed by atoms with Crippen molar-refractivity contribution in [2.75, 3.05) is 6.61 Å². The maximum atomic E-state index is 12.7. The van der Waals surface area contributed by atoms with Crippen molar-refractivity contribution >= 4 is 56.1 Å². The summed E-state index contributed by atoms with van der Waals surface area (Å²) in [6, 6.07) is 6.60. The van der Waals surface area contributed by atoms with E-state index in [9.17, 15) is 9.59 Å². The molecule has 11 nitrogen and oxygen atoms in total. The molecule has 13 heteroatoms. The van der Waals surface area contributed by atoms with Gasteiger partial charge in [-0.25, -0.2) is 4.98 Å². The van der Waals surface area contributed by atoms with Gasteiger partial charge in [-0.2, -0.15) is 24.7 Å². The largest absolute Gasteiger partial charge is 0.490 e. The van der Waals surface area contributed by atoms with E-state index in [0.29, 0.717) is 39.5 Å². The van der Waals surface area contributed by atoms with E-state index in [2.05, 4.69) is 20.2 Å². The fourth-order valence-electron chi connectivity index (χ4n) is 3.69. The zero-order chi connectivity index (χ0) is 26.1. The van der Waals surface area contributed by atoms with Crippen LogP contribution in [-0.2, 0) is 11.4 Å². The van der Waals surface area contributed by atoms with Crippen LogP contribution in [0.3, 0.4) is 0 Å². The van der Waals surface area contributed by atoms with E-state index in [-0.39, 0.29) is 23.6 Å². The first kappa shape index (κ1) is 24.8. The number of amidine groups is 2. The molecule has 3 aromatic rings. The van der Waals surface area contributed by atoms with E-state index in [0.717, 1.165) is 22.9 Å². The molecule has 0 unspecified atom stereocenters. The first-order chi connectivity index (χ1) is 17.9. The van der Waals surface area contributed by atoms with Gasteiger partial charge in [0.2, 0.25) is 10.1 Å². The molecule has 5 rings (SSSR count). The Morgan fingerprint density at radius 1 is 1.14 bits per heavy atom. The van der Waals surface area contributed by atoms with Gasteiger partial charge in [0.05, 0.1) is 17.9 Å². The Hall–Kier alpha value is -3.84. The maximum Gasteiger partial charge on any atom is 0.283 e. The summed E-state index contributed by atoms with van der Waals surface area (Å²) >= 11 is 2.65. The second-order valence-corrected chi connectivity index (χ2v) is 10.3. The Morgan fingerprint density at radius 3 is 2.76 bits per heavy atom. The van der Waals surface area contributed by atoms with Crippen molar-refractivity contribution in [1.82, 2.24) is 19.6 Å². The van der Waals surface area contributed by atoms with Crippen molar-refractivity contribution in [2.24, 2.45) is 10.1 Å². The molecule has 1 amide bonds. The molecular weight excluding hydrogens is 514 g/mol. The lowest BCUT2D eigenvalue weighted by molar-refractivity contribution is -0.114. The van der Waals surface area contributed by atoms with Crippen LogP contribution in [0.15, 0.2) is 44.7 Å². The quantitative estimate of drug-likeness (QED) is 0.428. The number of thioether (sulfide) groups is 1. The van der Waals surface area contributed by atoms with Crippen LogP contribution in [0, 0.1) is 12.3 Å². The molecule has 0 aliphatic carbocycles. The Morgan fingerprint density at radius 2 is 1.97 bits per heavy atom. The van der Waals surface area contributed by atoms with Crippen molar-refractivity contribution in [3.63, 3.8) is 0 Å². The van der Waals surface area contributed by atoms with Gasteiger partial charge < -0.3 is 9.47 Å². The highest BCUT2D eigenvalue weighted by Gasteiger charge is 2.35. The highest BCUT2D eigenvalue weighted by atomic mass is 32.2. The predicted molar refractivity (Wildman–Crippen MR) is 144 cm³/mol. The summed E-state index contributed by atoms with van der Waals surface area (Å²) in [5.41, 5.74) is 0.987. The van der Waals surface area contributed by atoms with Gasteiger partial charge in [0, 0.05) is 6.07 Å². The molecule has 1 aromatic carbocycles. The smallest absolute Gasteiger partial charge is 0.283 e. The minimum absolute atomic E-state index is 0.0158. The lowest BCUT2D eigenvalue weighted by atomic mass is 10.1. The van der Waals surface area contributed by atoms with Crippen LogP contribution in [0.2, 0.25) is 0 Å². The van der Waals surface area contributed by atoms with Crippen LogP contribution in [-0.4, -0.2) is 48.2 Å². The minimum Gasteiger partial charge on any atom is -0.490 e. The van der Waals surface area contributed by atoms with Crippen molar-refractivity contribution in [3.8, 4) is 11.5 Å². The van der Waals surface area contributed by atoms with Crippen molar-refractivity contribution in [3.05, 3.63) is 56.5 Å². The summed E-state index contributed by atoms with van der Waals surface area (Å²) in [4.78, 5) is 34.1. The van der Waals surface area contributed by atoms with Crippen LogP contribution in [0.1, 0.15) is 43.0 Å². The number of aliphatic imine (C=N–C) groups is 1. The standard InChI is InChI=1S/C24H23N7O4S2/c1-4-6-19-29-31-21(25)16(22(33)27-24(31)37-19)9-14-7-8-17(18(10-14)34-5-2)35-12-15-11-20(32)30-23(26-15)36-13(3)28-30/h7-11,25H,4-6,12H2,1-3H3/b16-9-,25-21?. The average molecular weight is 538 g/mol. The number of amides is 1. The number of aromatic nitrogens is 3. The van der Waals surface area contributed by atoms with Crippen molar-refractivity contribution < 1.29 is 14.3 Å². The van der Waals surface area contributed by atoms with Gasteiger partial charge >= 0.3 is 0 Å². The summed E-state index contributed by atoms with van der Waals surface area (Å²) < 4.78 is 13.0. The Bertz CT molecular complexity index is 1570. The number of carbonyl (C=O) groups excluding carboxylic acids is 1. The number of hydrogen-bond donors (Lipinski definition) is 1. The molecule has 4 heterocycles. The first-order valence-electron chi connectivity index (χ1n) is 11.6. The number of nitrogens with one attached hydrogen (secondary N) is 1. The fraction of sp³-hybridized carbons (Fsp3) is 0.292. The maximum absolute atomic E-state index is 12.7. The topological polar surface area (TPSA) is 135 Å². The number of benzene rings is 1. The first-order valence-corrected chi connectivity index (χ1v) is 13.2. The molecule has 2 aliphatic rings. The van der Waals surface area contributed by atoms with Crippen LogP contribution >= 0.6 is 23.1 Å². The number of rotatable bonds is 8. The Labute approximate surface area is 220 Å². The SMILES string of the molecule is CCCC1=NN2C(=N)/C(=C/c3ccc(OCc4cc(=O)n5nc(C)sc5n4)c(OCC)c3)C(=O)N=C2S1. The van der Waals surface area contributed by atoms with Gasteiger partial charge in [-0.05, 0) is 62.2 Å². The van der Waals surface area contributed by atoms with Crippen molar-refractivity contribution in [2.45, 2.75) is 40.2 Å². The summed E-state index contributed by atoms with van der Waals surface area (Å²) in [5, 5.41) is 20.5. The lowest BCUT2D eigenvalue weighted by Gasteiger charge is -2.20. The average Bonchev–Trinajstić information content (AvgIpc) is 3.44. The van der Waals surface area contributed by atoms with E-state index < -0.39 is 5.91 Å².